The molecule has 128 valence electrons. The number of halogens is 1. The number of hydrogen-bond donors (Lipinski definition) is 1. The second-order valence-electron chi connectivity index (χ2n) is 5.67. The molecule has 1 amide bonds. The predicted octanol–water partition coefficient (Wildman–Crippen LogP) is 4.08. The van der Waals surface area contributed by atoms with Crippen molar-refractivity contribution in [2.45, 2.75) is 13.8 Å². The molecule has 5 nitrogen and oxygen atoms in total. The van der Waals surface area contributed by atoms with Crippen LogP contribution in [0.4, 0.5) is 5.69 Å². The molecule has 1 N–H and O–H groups in total. The third-order valence-electron chi connectivity index (χ3n) is 3.82. The zero-order chi connectivity index (χ0) is 18.0. The van der Waals surface area contributed by atoms with E-state index in [9.17, 15) is 9.59 Å². The van der Waals surface area contributed by atoms with E-state index in [1.165, 1.54) is 6.26 Å². The van der Waals surface area contributed by atoms with Gasteiger partial charge in [0, 0.05) is 11.8 Å². The van der Waals surface area contributed by atoms with Gasteiger partial charge in [-0.2, -0.15) is 0 Å². The first kappa shape index (κ1) is 17.0. The van der Waals surface area contributed by atoms with Gasteiger partial charge in [0.2, 0.25) is 5.43 Å². The molecule has 25 heavy (non-hydrogen) atoms. The number of carbonyl (C=O) groups excluding carboxylic acids is 1. The predicted molar refractivity (Wildman–Crippen MR) is 97.5 cm³/mol. The van der Waals surface area contributed by atoms with E-state index in [-0.39, 0.29) is 23.0 Å². The summed E-state index contributed by atoms with van der Waals surface area (Å²) in [5.74, 6) is 0.157. The molecule has 0 unspecified atom stereocenters. The average Bonchev–Trinajstić information content (AvgIpc) is 2.60. The minimum absolute atomic E-state index is 0.0224. The highest BCUT2D eigenvalue weighted by Gasteiger charge is 2.10. The van der Waals surface area contributed by atoms with Gasteiger partial charge in [0.05, 0.1) is 5.39 Å². The zero-order valence-electron chi connectivity index (χ0n) is 13.8. The summed E-state index contributed by atoms with van der Waals surface area (Å²) in [4.78, 5) is 24.0. The van der Waals surface area contributed by atoms with Gasteiger partial charge in [-0.25, -0.2) is 0 Å². The lowest BCUT2D eigenvalue weighted by molar-refractivity contribution is -0.118. The summed E-state index contributed by atoms with van der Waals surface area (Å²) in [6.45, 7) is 3.71. The Labute approximate surface area is 149 Å². The van der Waals surface area contributed by atoms with Gasteiger partial charge >= 0.3 is 0 Å². The summed E-state index contributed by atoms with van der Waals surface area (Å²) in [6.07, 6.45) is 1.18. The van der Waals surface area contributed by atoms with Crippen molar-refractivity contribution in [3.8, 4) is 5.75 Å². The number of benzene rings is 2. The monoisotopic (exact) mass is 357 g/mol. The Bertz CT molecular complexity index is 990. The minimum atomic E-state index is -0.303. The van der Waals surface area contributed by atoms with Crippen LogP contribution in [-0.4, -0.2) is 12.5 Å². The Morgan fingerprint density at radius 3 is 2.64 bits per heavy atom. The van der Waals surface area contributed by atoms with E-state index in [2.05, 4.69) is 5.32 Å². The topological polar surface area (TPSA) is 68.5 Å². The van der Waals surface area contributed by atoms with Crippen molar-refractivity contribution in [3.63, 3.8) is 0 Å². The van der Waals surface area contributed by atoms with Crippen molar-refractivity contribution < 1.29 is 13.9 Å². The van der Waals surface area contributed by atoms with Gasteiger partial charge in [-0.05, 0) is 37.1 Å². The fraction of sp³-hybridized carbons (Fsp3) is 0.158. The number of para-hydroxylation sites is 1. The highest BCUT2D eigenvalue weighted by atomic mass is 35.5. The smallest absolute Gasteiger partial charge is 0.262 e. The first-order valence-corrected chi connectivity index (χ1v) is 8.03. The number of fused-ring (bicyclic) bond motifs is 1. The first-order valence-electron chi connectivity index (χ1n) is 7.65. The highest BCUT2D eigenvalue weighted by molar-refractivity contribution is 6.30. The van der Waals surface area contributed by atoms with Gasteiger partial charge in [-0.1, -0.05) is 29.8 Å². The fourth-order valence-electron chi connectivity index (χ4n) is 2.51. The summed E-state index contributed by atoms with van der Waals surface area (Å²) >= 11 is 5.74. The Kier molecular flexibility index (Phi) is 4.76. The van der Waals surface area contributed by atoms with Crippen LogP contribution in [0.3, 0.4) is 0 Å². The number of ether oxygens (including phenoxy) is 1. The van der Waals surface area contributed by atoms with Gasteiger partial charge in [0.1, 0.15) is 22.6 Å². The maximum atomic E-state index is 12.1. The van der Waals surface area contributed by atoms with Gasteiger partial charge in [-0.3, -0.25) is 9.59 Å². The quantitative estimate of drug-likeness (QED) is 0.763. The van der Waals surface area contributed by atoms with E-state index in [1.54, 1.807) is 18.2 Å². The third kappa shape index (κ3) is 3.67. The highest BCUT2D eigenvalue weighted by Crippen LogP contribution is 2.21. The zero-order valence-corrected chi connectivity index (χ0v) is 14.5. The molecule has 3 aromatic rings. The second kappa shape index (κ2) is 6.99. The van der Waals surface area contributed by atoms with Crippen LogP contribution >= 0.6 is 11.6 Å². The molecule has 0 bridgehead atoms. The molecule has 0 radical (unpaired) electrons. The van der Waals surface area contributed by atoms with Gasteiger partial charge in [0.25, 0.3) is 5.91 Å². The Morgan fingerprint density at radius 1 is 1.20 bits per heavy atom. The van der Waals surface area contributed by atoms with Crippen molar-refractivity contribution in [3.05, 3.63) is 69.0 Å². The first-order chi connectivity index (χ1) is 12.0. The summed E-state index contributed by atoms with van der Waals surface area (Å²) in [5.41, 5.74) is 2.80. The number of amides is 1. The maximum absolute atomic E-state index is 12.1. The van der Waals surface area contributed by atoms with E-state index >= 15 is 0 Å². The van der Waals surface area contributed by atoms with Crippen LogP contribution in [0.5, 0.6) is 5.75 Å². The van der Waals surface area contributed by atoms with E-state index in [4.69, 9.17) is 20.8 Å². The Hall–Kier alpha value is -2.79. The van der Waals surface area contributed by atoms with Crippen LogP contribution in [0, 0.1) is 13.8 Å². The van der Waals surface area contributed by atoms with Crippen LogP contribution in [0.15, 0.2) is 51.9 Å². The standard InChI is InChI=1S/C19H16ClNO4/c1-11-4-3-5-12(2)18(11)21-17(22)10-24-13-6-7-14-16(8-13)25-9-15(20)19(14)23/h3-9H,10H2,1-2H3,(H,21,22). The summed E-state index contributed by atoms with van der Waals surface area (Å²) in [6, 6.07) is 10.5. The fourth-order valence-corrected chi connectivity index (χ4v) is 2.66. The number of aryl methyl sites for hydroxylation is 2. The molecular formula is C19H16ClNO4. The summed E-state index contributed by atoms with van der Waals surface area (Å²) < 4.78 is 10.8. The molecule has 0 aliphatic carbocycles. The SMILES string of the molecule is Cc1cccc(C)c1NC(=O)COc1ccc2c(=O)c(Cl)coc2c1. The largest absolute Gasteiger partial charge is 0.484 e. The molecule has 0 aliphatic rings. The van der Waals surface area contributed by atoms with E-state index in [0.29, 0.717) is 16.7 Å². The molecule has 3 rings (SSSR count). The number of rotatable bonds is 4. The number of carbonyl (C=O) groups is 1. The lowest BCUT2D eigenvalue weighted by Gasteiger charge is -2.12. The Morgan fingerprint density at radius 2 is 1.92 bits per heavy atom. The summed E-state index contributed by atoms with van der Waals surface area (Å²) in [5, 5.41) is 3.23. The number of anilines is 1. The van der Waals surface area contributed by atoms with Crippen LogP contribution in [0.2, 0.25) is 5.02 Å². The molecule has 0 saturated carbocycles. The van der Waals surface area contributed by atoms with Crippen molar-refractivity contribution in [2.24, 2.45) is 0 Å². The molecule has 0 saturated heterocycles. The molecule has 0 spiro atoms. The van der Waals surface area contributed by atoms with Gasteiger partial charge in [-0.15, -0.1) is 0 Å². The third-order valence-corrected chi connectivity index (χ3v) is 4.08. The van der Waals surface area contributed by atoms with Crippen molar-refractivity contribution in [1.82, 2.24) is 0 Å². The molecule has 0 aliphatic heterocycles. The lowest BCUT2D eigenvalue weighted by atomic mass is 10.1. The van der Waals surface area contributed by atoms with E-state index in [1.807, 2.05) is 32.0 Å². The van der Waals surface area contributed by atoms with E-state index < -0.39 is 0 Å². The second-order valence-corrected chi connectivity index (χ2v) is 6.08. The van der Waals surface area contributed by atoms with Crippen LogP contribution < -0.4 is 15.5 Å². The number of nitrogens with one attached hydrogen (secondary N) is 1. The molecule has 2 aromatic carbocycles. The maximum Gasteiger partial charge on any atom is 0.262 e. The molecule has 0 fully saturated rings. The van der Waals surface area contributed by atoms with E-state index in [0.717, 1.165) is 16.8 Å². The van der Waals surface area contributed by atoms with Crippen LogP contribution in [-0.2, 0) is 4.79 Å². The van der Waals surface area contributed by atoms with Crippen LogP contribution in [0.25, 0.3) is 11.0 Å². The molecule has 1 aromatic heterocycles. The molecule has 0 atom stereocenters. The normalized spacial score (nSPS) is 10.7. The van der Waals surface area contributed by atoms with Crippen molar-refractivity contribution >= 4 is 34.2 Å². The van der Waals surface area contributed by atoms with Crippen molar-refractivity contribution in [2.75, 3.05) is 11.9 Å². The number of hydrogen-bond acceptors (Lipinski definition) is 4. The average molecular weight is 358 g/mol. The van der Waals surface area contributed by atoms with Crippen LogP contribution in [0.1, 0.15) is 11.1 Å². The molecular weight excluding hydrogens is 342 g/mol. The summed E-state index contributed by atoms with van der Waals surface area (Å²) in [7, 11) is 0. The Balaban J connectivity index is 1.71. The van der Waals surface area contributed by atoms with Gasteiger partial charge in [0.15, 0.2) is 6.61 Å². The molecule has 1 heterocycles. The lowest BCUT2D eigenvalue weighted by Crippen LogP contribution is -2.21. The van der Waals surface area contributed by atoms with Crippen molar-refractivity contribution in [1.29, 1.82) is 0 Å². The molecule has 6 heteroatoms. The minimum Gasteiger partial charge on any atom is -0.484 e. The van der Waals surface area contributed by atoms with Gasteiger partial charge < -0.3 is 14.5 Å².